The summed E-state index contributed by atoms with van der Waals surface area (Å²) in [7, 11) is 0. The molecule has 3 nitrogen and oxygen atoms in total. The van der Waals surface area contributed by atoms with Gasteiger partial charge in [-0.05, 0) is 132 Å². The third-order valence-electron chi connectivity index (χ3n) is 15.9. The maximum absolute atomic E-state index is 18.0. The zero-order valence-corrected chi connectivity index (χ0v) is 43.5. The Morgan fingerprint density at radius 1 is 0.275 bits per heavy atom. The van der Waals surface area contributed by atoms with Crippen molar-refractivity contribution in [1.82, 2.24) is 0 Å². The number of anilines is 6. The van der Waals surface area contributed by atoms with Crippen LogP contribution in [0.2, 0.25) is 0 Å². The summed E-state index contributed by atoms with van der Waals surface area (Å²) in [6, 6.07) is 104. The molecule has 0 amide bonds. The zero-order chi connectivity index (χ0) is 53.1. The predicted molar refractivity (Wildman–Crippen MR) is 335 cm³/mol. The molecule has 376 valence electrons. The van der Waals surface area contributed by atoms with Crippen molar-refractivity contribution < 1.29 is 8.81 Å². The molecule has 15 aromatic rings. The van der Waals surface area contributed by atoms with Gasteiger partial charge in [-0.1, -0.05) is 237 Å². The molecule has 0 saturated heterocycles. The largest absolute Gasteiger partial charge is 0.454 e. The van der Waals surface area contributed by atoms with Crippen LogP contribution in [0.5, 0.6) is 0 Å². The highest BCUT2D eigenvalue weighted by Gasteiger charge is 2.27. The first-order valence-corrected chi connectivity index (χ1v) is 27.2. The van der Waals surface area contributed by atoms with Crippen LogP contribution in [-0.4, -0.2) is 0 Å². The van der Waals surface area contributed by atoms with Crippen LogP contribution in [0.4, 0.5) is 38.5 Å². The highest BCUT2D eigenvalue weighted by atomic mass is 19.1. The Morgan fingerprint density at radius 2 is 0.750 bits per heavy atom. The molecular formula is C76H49FN2O. The van der Waals surface area contributed by atoms with Gasteiger partial charge in [0.25, 0.3) is 0 Å². The summed E-state index contributed by atoms with van der Waals surface area (Å²) < 4.78 is 24.8. The molecule has 0 spiro atoms. The topological polar surface area (TPSA) is 19.6 Å². The molecule has 0 aliphatic heterocycles. The molecule has 0 aliphatic carbocycles. The molecule has 0 atom stereocenters. The minimum atomic E-state index is -0.321. The van der Waals surface area contributed by atoms with Gasteiger partial charge in [0.2, 0.25) is 0 Å². The highest BCUT2D eigenvalue weighted by molar-refractivity contribution is 6.32. The first-order chi connectivity index (χ1) is 39.6. The molecule has 0 aliphatic rings. The van der Waals surface area contributed by atoms with Crippen molar-refractivity contribution in [2.24, 2.45) is 0 Å². The van der Waals surface area contributed by atoms with Crippen molar-refractivity contribution in [3.8, 4) is 44.5 Å². The van der Waals surface area contributed by atoms with Crippen molar-refractivity contribution in [3.63, 3.8) is 0 Å². The number of benzene rings is 14. The fourth-order valence-corrected chi connectivity index (χ4v) is 12.3. The number of nitrogens with zero attached hydrogens (tertiary/aromatic N) is 2. The first kappa shape index (κ1) is 46.7. The van der Waals surface area contributed by atoms with E-state index >= 15 is 4.39 Å². The lowest BCUT2D eigenvalue weighted by Crippen LogP contribution is -2.14. The third-order valence-corrected chi connectivity index (χ3v) is 15.9. The SMILES string of the molecule is Fc1cc(-c2ccccc2)cc(-c2ccccc2)c1N(c1ccc2c(c1)c1ccccc1c1c3ccc(N(c4ccccc4-c4ccccc4)c4cccc5c4oc4ccccc45)cc3ccc21)c1ccccc1-c1ccccc1. The molecule has 0 radical (unpaired) electrons. The van der Waals surface area contributed by atoms with Crippen molar-refractivity contribution in [2.45, 2.75) is 0 Å². The number of rotatable bonds is 10. The molecule has 1 aromatic heterocycles. The Hall–Kier alpha value is -10.6. The van der Waals surface area contributed by atoms with E-state index in [0.29, 0.717) is 5.69 Å². The Balaban J connectivity index is 0.948. The summed E-state index contributed by atoms with van der Waals surface area (Å²) in [6.07, 6.45) is 0. The van der Waals surface area contributed by atoms with Gasteiger partial charge in [-0.2, -0.15) is 0 Å². The van der Waals surface area contributed by atoms with Gasteiger partial charge in [0.1, 0.15) is 11.4 Å². The van der Waals surface area contributed by atoms with E-state index in [1.165, 1.54) is 5.39 Å². The van der Waals surface area contributed by atoms with E-state index in [1.54, 1.807) is 6.07 Å². The van der Waals surface area contributed by atoms with Gasteiger partial charge in [-0.3, -0.25) is 0 Å². The zero-order valence-electron chi connectivity index (χ0n) is 43.5. The number of fused-ring (bicyclic) bond motifs is 11. The van der Waals surface area contributed by atoms with Crippen LogP contribution in [0, 0.1) is 5.82 Å². The predicted octanol–water partition coefficient (Wildman–Crippen LogP) is 21.9. The summed E-state index contributed by atoms with van der Waals surface area (Å²) in [6.45, 7) is 0. The molecule has 0 N–H and O–H groups in total. The van der Waals surface area contributed by atoms with Crippen LogP contribution < -0.4 is 9.80 Å². The number of hydrogen-bond donors (Lipinski definition) is 0. The van der Waals surface area contributed by atoms with Crippen molar-refractivity contribution >= 4 is 99.2 Å². The number of halogens is 1. The van der Waals surface area contributed by atoms with Crippen LogP contribution in [-0.2, 0) is 0 Å². The lowest BCUT2D eigenvalue weighted by atomic mass is 9.90. The normalized spacial score (nSPS) is 11.6. The van der Waals surface area contributed by atoms with Crippen LogP contribution in [0.1, 0.15) is 0 Å². The molecule has 15 rings (SSSR count). The number of hydrogen-bond acceptors (Lipinski definition) is 3. The Kier molecular flexibility index (Phi) is 11.4. The Morgan fingerprint density at radius 3 is 1.43 bits per heavy atom. The van der Waals surface area contributed by atoms with Gasteiger partial charge in [0.15, 0.2) is 5.58 Å². The lowest BCUT2D eigenvalue weighted by molar-refractivity contribution is 0.630. The van der Waals surface area contributed by atoms with Gasteiger partial charge in [-0.25, -0.2) is 4.39 Å². The quantitative estimate of drug-likeness (QED) is 0.127. The second kappa shape index (κ2) is 19.5. The highest BCUT2D eigenvalue weighted by Crippen LogP contribution is 2.51. The molecule has 80 heavy (non-hydrogen) atoms. The molecular weight excluding hydrogens is 976 g/mol. The molecule has 0 bridgehead atoms. The van der Waals surface area contributed by atoms with E-state index in [1.807, 2.05) is 72.8 Å². The van der Waals surface area contributed by atoms with E-state index < -0.39 is 0 Å². The minimum Gasteiger partial charge on any atom is -0.454 e. The monoisotopic (exact) mass is 1020 g/mol. The number of furan rings is 1. The average molecular weight is 1030 g/mol. The Bertz CT molecular complexity index is 4820. The van der Waals surface area contributed by atoms with E-state index in [-0.39, 0.29) is 5.82 Å². The summed E-state index contributed by atoms with van der Waals surface area (Å²) in [4.78, 5) is 4.50. The third kappa shape index (κ3) is 7.88. The van der Waals surface area contributed by atoms with Crippen molar-refractivity contribution in [3.05, 3.63) is 303 Å². The van der Waals surface area contributed by atoms with Crippen LogP contribution >= 0.6 is 0 Å². The van der Waals surface area contributed by atoms with E-state index in [0.717, 1.165) is 133 Å². The fraction of sp³-hybridized carbons (Fsp3) is 0. The molecule has 14 aromatic carbocycles. The fourth-order valence-electron chi connectivity index (χ4n) is 12.3. The van der Waals surface area contributed by atoms with Gasteiger partial charge in [-0.15, -0.1) is 0 Å². The smallest absolute Gasteiger partial charge is 0.159 e. The molecule has 1 heterocycles. The van der Waals surface area contributed by atoms with E-state index in [4.69, 9.17) is 4.42 Å². The average Bonchev–Trinajstić information content (AvgIpc) is 4.00. The van der Waals surface area contributed by atoms with Crippen LogP contribution in [0.15, 0.2) is 302 Å². The summed E-state index contributed by atoms with van der Waals surface area (Å²) in [5, 5.41) is 11.2. The van der Waals surface area contributed by atoms with Gasteiger partial charge in [0.05, 0.1) is 22.7 Å². The molecule has 0 fully saturated rings. The number of para-hydroxylation sites is 4. The van der Waals surface area contributed by atoms with Crippen molar-refractivity contribution in [1.29, 1.82) is 0 Å². The maximum atomic E-state index is 18.0. The second-order valence-electron chi connectivity index (χ2n) is 20.4. The Labute approximate surface area is 462 Å². The standard InChI is InChI=1S/C76H49FN2O/c77-69-48-55(50-22-5-1-6-23-50)47-67(53-28-11-4-12-29-53)75(69)79(71-37-19-16-31-59(71)52-26-9-3-10-27-52)57-42-45-62-65-43-40-54-46-56(41-44-60(54)74(65)64-34-14-13-32-61(64)68(62)49-57)78(70-36-18-15-30-58(70)51-24-7-2-8-25-51)72-38-21-35-66-63-33-17-20-39-73(63)80-76(66)72/h1-49H. The van der Waals surface area contributed by atoms with Gasteiger partial charge in [0, 0.05) is 38.8 Å². The lowest BCUT2D eigenvalue weighted by Gasteiger charge is -2.31. The molecule has 0 unspecified atom stereocenters. The summed E-state index contributed by atoms with van der Waals surface area (Å²) >= 11 is 0. The first-order valence-electron chi connectivity index (χ1n) is 27.2. The van der Waals surface area contributed by atoms with E-state index in [2.05, 4.69) is 228 Å². The maximum Gasteiger partial charge on any atom is 0.159 e. The molecule has 0 saturated carbocycles. The van der Waals surface area contributed by atoms with Crippen LogP contribution in [0.3, 0.4) is 0 Å². The van der Waals surface area contributed by atoms with Crippen LogP contribution in [0.25, 0.3) is 110 Å². The summed E-state index contributed by atoms with van der Waals surface area (Å²) in [5.41, 5.74) is 14.6. The van der Waals surface area contributed by atoms with Gasteiger partial charge < -0.3 is 14.2 Å². The molecule has 4 heteroatoms. The summed E-state index contributed by atoms with van der Waals surface area (Å²) in [5.74, 6) is -0.321. The minimum absolute atomic E-state index is 0.321. The van der Waals surface area contributed by atoms with Gasteiger partial charge >= 0.3 is 0 Å². The second-order valence-corrected chi connectivity index (χ2v) is 20.4. The van der Waals surface area contributed by atoms with E-state index in [9.17, 15) is 0 Å². The van der Waals surface area contributed by atoms with Crippen molar-refractivity contribution in [2.75, 3.05) is 9.80 Å².